The third-order valence-electron chi connectivity index (χ3n) is 5.93. The third kappa shape index (κ3) is 9.27. The molecule has 0 saturated carbocycles. The number of amides is 1. The van der Waals surface area contributed by atoms with Crippen LogP contribution in [0.1, 0.15) is 61.0 Å². The summed E-state index contributed by atoms with van der Waals surface area (Å²) in [4.78, 5) is 40.1. The van der Waals surface area contributed by atoms with Gasteiger partial charge in [-0.15, -0.1) is 0 Å². The number of carbonyl (C=O) groups excluding carboxylic acids is 3. The molecule has 2 rings (SSSR count). The smallest absolute Gasteiger partial charge is 0.306 e. The van der Waals surface area contributed by atoms with Crippen LogP contribution in [0.15, 0.2) is 54.6 Å². The minimum atomic E-state index is -0.469. The van der Waals surface area contributed by atoms with Gasteiger partial charge in [0.1, 0.15) is 6.61 Å². The fourth-order valence-corrected chi connectivity index (χ4v) is 3.95. The fourth-order valence-electron chi connectivity index (χ4n) is 3.84. The second-order valence-corrected chi connectivity index (χ2v) is 8.72. The van der Waals surface area contributed by atoms with E-state index in [9.17, 15) is 14.4 Å². The second-order valence-electron chi connectivity index (χ2n) is 8.38. The van der Waals surface area contributed by atoms with Crippen LogP contribution in [0.2, 0.25) is 0 Å². The zero-order chi connectivity index (χ0) is 24.9. The van der Waals surface area contributed by atoms with E-state index in [0.717, 1.165) is 24.0 Å². The summed E-state index contributed by atoms with van der Waals surface area (Å²) in [5.74, 6) is -0.464. The molecule has 0 fully saturated rings. The largest absolute Gasteiger partial charge is 0.461 e. The maximum absolute atomic E-state index is 12.6. The molecule has 0 heterocycles. The van der Waals surface area contributed by atoms with Gasteiger partial charge in [-0.25, -0.2) is 0 Å². The molecule has 7 heteroatoms. The molecule has 0 aliphatic rings. The van der Waals surface area contributed by atoms with E-state index in [2.05, 4.69) is 18.7 Å². The first-order valence-corrected chi connectivity index (χ1v) is 12.2. The van der Waals surface area contributed by atoms with E-state index in [1.807, 2.05) is 48.5 Å². The highest BCUT2D eigenvalue weighted by Gasteiger charge is 2.19. The van der Waals surface area contributed by atoms with E-state index in [4.69, 9.17) is 16.3 Å². The Hall–Kier alpha value is -2.70. The summed E-state index contributed by atoms with van der Waals surface area (Å²) in [7, 11) is 1.76. The van der Waals surface area contributed by atoms with E-state index in [1.54, 1.807) is 18.0 Å². The second kappa shape index (κ2) is 14.5. The number of hydrogen-bond donors (Lipinski definition) is 0. The van der Waals surface area contributed by atoms with Crippen molar-refractivity contribution in [2.75, 3.05) is 20.1 Å². The average Bonchev–Trinajstić information content (AvgIpc) is 2.85. The van der Waals surface area contributed by atoms with Crippen LogP contribution in [0.3, 0.4) is 0 Å². The van der Waals surface area contributed by atoms with Gasteiger partial charge in [0.25, 0.3) is 5.24 Å². The van der Waals surface area contributed by atoms with Crippen LogP contribution < -0.4 is 0 Å². The molecule has 2 aromatic rings. The number of nitrogens with zero attached hydrogens (tertiary/aromatic N) is 2. The summed E-state index contributed by atoms with van der Waals surface area (Å²) in [5.41, 5.74) is 2.41. The molecule has 0 unspecified atom stereocenters. The normalized spacial score (nSPS) is 11.0. The van der Waals surface area contributed by atoms with Gasteiger partial charge in [-0.2, -0.15) is 0 Å². The number of rotatable bonds is 14. The SMILES string of the molecule is CCC(CC)N(CCN(C)C(=O)CCC(=O)OCc1ccccc1)Cc1cccc(C(=O)Cl)c1. The van der Waals surface area contributed by atoms with Gasteiger partial charge >= 0.3 is 5.97 Å². The highest BCUT2D eigenvalue weighted by atomic mass is 35.5. The van der Waals surface area contributed by atoms with Crippen LogP contribution in [-0.2, 0) is 27.5 Å². The summed E-state index contributed by atoms with van der Waals surface area (Å²) in [6.07, 6.45) is 2.14. The maximum atomic E-state index is 12.6. The lowest BCUT2D eigenvalue weighted by molar-refractivity contribution is -0.147. The highest BCUT2D eigenvalue weighted by Crippen LogP contribution is 2.16. The monoisotopic (exact) mass is 486 g/mol. The standard InChI is InChI=1S/C27H35ClN2O4/c1-4-24(5-2)30(19-22-12-9-13-23(18-22)27(28)33)17-16-29(3)25(31)14-15-26(32)34-20-21-10-7-6-8-11-21/h6-13,18,24H,4-5,14-17,19-20H2,1-3H3. The Labute approximate surface area is 207 Å². The van der Waals surface area contributed by atoms with Crippen molar-refractivity contribution >= 4 is 28.7 Å². The minimum Gasteiger partial charge on any atom is -0.461 e. The van der Waals surface area contributed by atoms with Crippen molar-refractivity contribution in [3.05, 3.63) is 71.3 Å². The first-order chi connectivity index (χ1) is 16.3. The molecule has 184 valence electrons. The summed E-state index contributed by atoms with van der Waals surface area (Å²) < 4.78 is 5.26. The van der Waals surface area contributed by atoms with Crippen molar-refractivity contribution in [2.24, 2.45) is 0 Å². The summed E-state index contributed by atoms with van der Waals surface area (Å²) >= 11 is 5.64. The van der Waals surface area contributed by atoms with E-state index >= 15 is 0 Å². The van der Waals surface area contributed by atoms with Gasteiger partial charge in [0.2, 0.25) is 5.91 Å². The molecule has 6 nitrogen and oxygen atoms in total. The lowest BCUT2D eigenvalue weighted by Gasteiger charge is -2.32. The molecule has 0 N–H and O–H groups in total. The van der Waals surface area contributed by atoms with E-state index in [1.165, 1.54) is 0 Å². The Balaban J connectivity index is 1.85. The van der Waals surface area contributed by atoms with Crippen molar-refractivity contribution in [1.82, 2.24) is 9.80 Å². The molecular formula is C27H35ClN2O4. The lowest BCUT2D eigenvalue weighted by atomic mass is 10.1. The molecule has 1 amide bonds. The topological polar surface area (TPSA) is 66.9 Å². The molecule has 0 bridgehead atoms. The van der Waals surface area contributed by atoms with Gasteiger partial charge in [0, 0.05) is 44.7 Å². The van der Waals surface area contributed by atoms with E-state index in [-0.39, 0.29) is 31.3 Å². The molecule has 0 aliphatic heterocycles. The Kier molecular flexibility index (Phi) is 11.8. The van der Waals surface area contributed by atoms with Crippen LogP contribution in [0, 0.1) is 0 Å². The van der Waals surface area contributed by atoms with Crippen LogP contribution in [-0.4, -0.2) is 53.1 Å². The average molecular weight is 487 g/mol. The number of ether oxygens (including phenoxy) is 1. The quantitative estimate of drug-likeness (QED) is 0.276. The zero-order valence-electron chi connectivity index (χ0n) is 20.3. The van der Waals surface area contributed by atoms with Crippen molar-refractivity contribution < 1.29 is 19.1 Å². The summed E-state index contributed by atoms with van der Waals surface area (Å²) in [6.45, 7) is 6.41. The van der Waals surface area contributed by atoms with Crippen LogP contribution in [0.25, 0.3) is 0 Å². The Morgan fingerprint density at radius 2 is 1.59 bits per heavy atom. The molecule has 34 heavy (non-hydrogen) atoms. The number of halogens is 1. The predicted octanol–water partition coefficient (Wildman–Crippen LogP) is 5.04. The first-order valence-electron chi connectivity index (χ1n) is 11.8. The molecule has 2 aromatic carbocycles. The number of hydrogen-bond acceptors (Lipinski definition) is 5. The predicted molar refractivity (Wildman–Crippen MR) is 135 cm³/mol. The molecule has 0 saturated heterocycles. The number of esters is 1. The van der Waals surface area contributed by atoms with Gasteiger partial charge in [0.15, 0.2) is 0 Å². The van der Waals surface area contributed by atoms with Gasteiger partial charge in [-0.05, 0) is 41.6 Å². The molecule has 0 aliphatic carbocycles. The van der Waals surface area contributed by atoms with E-state index in [0.29, 0.717) is 31.2 Å². The lowest BCUT2D eigenvalue weighted by Crippen LogP contribution is -2.41. The summed E-state index contributed by atoms with van der Waals surface area (Å²) in [6, 6.07) is 17.2. The van der Waals surface area contributed by atoms with Crippen molar-refractivity contribution in [1.29, 1.82) is 0 Å². The van der Waals surface area contributed by atoms with Crippen LogP contribution >= 0.6 is 11.6 Å². The minimum absolute atomic E-state index is 0.0610. The third-order valence-corrected chi connectivity index (χ3v) is 6.15. The fraction of sp³-hybridized carbons (Fsp3) is 0.444. The van der Waals surface area contributed by atoms with Gasteiger partial charge in [0.05, 0.1) is 6.42 Å². The van der Waals surface area contributed by atoms with Crippen LogP contribution in [0.5, 0.6) is 0 Å². The Morgan fingerprint density at radius 3 is 2.24 bits per heavy atom. The Bertz CT molecular complexity index is 931. The highest BCUT2D eigenvalue weighted by molar-refractivity contribution is 6.67. The molecule has 0 aromatic heterocycles. The van der Waals surface area contributed by atoms with Crippen molar-refractivity contribution in [3.8, 4) is 0 Å². The summed E-state index contributed by atoms with van der Waals surface area (Å²) in [5, 5.41) is -0.469. The molecule has 0 radical (unpaired) electrons. The molecular weight excluding hydrogens is 452 g/mol. The van der Waals surface area contributed by atoms with Gasteiger partial charge in [-0.3, -0.25) is 19.3 Å². The zero-order valence-corrected chi connectivity index (χ0v) is 21.1. The Morgan fingerprint density at radius 1 is 0.912 bits per heavy atom. The van der Waals surface area contributed by atoms with Gasteiger partial charge < -0.3 is 9.64 Å². The molecule has 0 atom stereocenters. The van der Waals surface area contributed by atoms with E-state index < -0.39 is 5.24 Å². The maximum Gasteiger partial charge on any atom is 0.306 e. The number of likely N-dealkylation sites (N-methyl/N-ethyl adjacent to an activating group) is 1. The number of benzene rings is 2. The van der Waals surface area contributed by atoms with Crippen molar-refractivity contribution in [2.45, 2.75) is 58.7 Å². The molecule has 0 spiro atoms. The van der Waals surface area contributed by atoms with Crippen LogP contribution in [0.4, 0.5) is 0 Å². The number of carbonyl (C=O) groups is 3. The van der Waals surface area contributed by atoms with Gasteiger partial charge in [-0.1, -0.05) is 62.4 Å². The first kappa shape index (κ1) is 27.5. The van der Waals surface area contributed by atoms with Crippen molar-refractivity contribution in [3.63, 3.8) is 0 Å².